The predicted octanol–water partition coefficient (Wildman–Crippen LogP) is -0.204. The summed E-state index contributed by atoms with van der Waals surface area (Å²) in [6, 6.07) is 1.50. The molecule has 0 saturated carbocycles. The van der Waals surface area contributed by atoms with Gasteiger partial charge in [-0.3, -0.25) is 14.8 Å². The lowest BCUT2D eigenvalue weighted by Gasteiger charge is -2.21. The lowest BCUT2D eigenvalue weighted by Crippen LogP contribution is -2.44. The topological polar surface area (TPSA) is 87.6 Å². The van der Waals surface area contributed by atoms with Crippen molar-refractivity contribution in [1.29, 1.82) is 0 Å². The molecule has 1 aliphatic rings. The first-order chi connectivity index (χ1) is 8.72. The first-order valence-corrected chi connectivity index (χ1v) is 5.77. The molecule has 0 aliphatic carbocycles. The molecule has 0 aromatic carbocycles. The van der Waals surface area contributed by atoms with Gasteiger partial charge >= 0.3 is 0 Å². The standard InChI is InChI=1S/C11H14N6O/c1-17-3-2-10(16-17)15-11(18)8-4-7-9(5-12-8)14-6-13-7/h2-3,6,8,12H,4-5H2,1H3,(H,13,14)(H,15,16,18). The number of nitrogens with one attached hydrogen (secondary N) is 3. The minimum absolute atomic E-state index is 0.0812. The number of amides is 1. The van der Waals surface area contributed by atoms with Crippen molar-refractivity contribution in [2.45, 2.75) is 19.0 Å². The van der Waals surface area contributed by atoms with Crippen LogP contribution in [0.3, 0.4) is 0 Å². The number of imidazole rings is 1. The molecule has 0 spiro atoms. The Hall–Kier alpha value is -2.15. The van der Waals surface area contributed by atoms with Crippen molar-refractivity contribution < 1.29 is 4.79 Å². The summed E-state index contributed by atoms with van der Waals surface area (Å²) in [5.41, 5.74) is 2.01. The zero-order valence-electron chi connectivity index (χ0n) is 9.97. The second-order valence-corrected chi connectivity index (χ2v) is 4.33. The van der Waals surface area contributed by atoms with Crippen LogP contribution in [-0.2, 0) is 24.8 Å². The molecule has 2 aromatic rings. The third-order valence-electron chi connectivity index (χ3n) is 3.01. The fourth-order valence-electron chi connectivity index (χ4n) is 2.05. The summed E-state index contributed by atoms with van der Waals surface area (Å²) in [7, 11) is 1.81. The van der Waals surface area contributed by atoms with Gasteiger partial charge in [-0.2, -0.15) is 5.10 Å². The minimum atomic E-state index is -0.261. The Balaban J connectivity index is 1.67. The third-order valence-corrected chi connectivity index (χ3v) is 3.01. The van der Waals surface area contributed by atoms with Gasteiger partial charge in [0, 0.05) is 32.3 Å². The molecule has 0 fully saturated rings. The smallest absolute Gasteiger partial charge is 0.243 e. The van der Waals surface area contributed by atoms with Crippen LogP contribution in [0.25, 0.3) is 0 Å². The summed E-state index contributed by atoms with van der Waals surface area (Å²) < 4.78 is 1.65. The number of hydrogen-bond acceptors (Lipinski definition) is 4. The zero-order chi connectivity index (χ0) is 12.5. The van der Waals surface area contributed by atoms with Gasteiger partial charge in [0.1, 0.15) is 0 Å². The Bertz CT molecular complexity index is 572. The molecular formula is C11H14N6O. The summed E-state index contributed by atoms with van der Waals surface area (Å²) in [5, 5.41) is 10.1. The zero-order valence-corrected chi connectivity index (χ0v) is 9.97. The number of H-pyrrole nitrogens is 1. The number of aromatic nitrogens is 4. The molecule has 0 saturated heterocycles. The molecule has 7 heteroatoms. The quantitative estimate of drug-likeness (QED) is 0.684. The highest BCUT2D eigenvalue weighted by molar-refractivity contribution is 5.94. The Morgan fingerprint density at radius 3 is 3.28 bits per heavy atom. The average molecular weight is 246 g/mol. The molecule has 1 aliphatic heterocycles. The fraction of sp³-hybridized carbons (Fsp3) is 0.364. The van der Waals surface area contributed by atoms with Crippen LogP contribution in [0, 0.1) is 0 Å². The van der Waals surface area contributed by atoms with Gasteiger partial charge in [0.15, 0.2) is 5.82 Å². The van der Waals surface area contributed by atoms with E-state index < -0.39 is 0 Å². The molecule has 3 heterocycles. The second kappa shape index (κ2) is 4.26. The fourth-order valence-corrected chi connectivity index (χ4v) is 2.05. The summed E-state index contributed by atoms with van der Waals surface area (Å²) in [5.74, 6) is 0.486. The molecular weight excluding hydrogens is 232 g/mol. The van der Waals surface area contributed by atoms with E-state index in [1.165, 1.54) is 0 Å². The molecule has 7 nitrogen and oxygen atoms in total. The van der Waals surface area contributed by atoms with Gasteiger partial charge in [-0.15, -0.1) is 0 Å². The summed E-state index contributed by atoms with van der Waals surface area (Å²) >= 11 is 0. The molecule has 0 radical (unpaired) electrons. The van der Waals surface area contributed by atoms with E-state index in [1.54, 1.807) is 23.3 Å². The number of aromatic amines is 1. The van der Waals surface area contributed by atoms with Crippen molar-refractivity contribution in [2.75, 3.05) is 5.32 Å². The van der Waals surface area contributed by atoms with Gasteiger partial charge in [-0.05, 0) is 0 Å². The van der Waals surface area contributed by atoms with Crippen LogP contribution in [0.2, 0.25) is 0 Å². The Labute approximate surface area is 104 Å². The van der Waals surface area contributed by atoms with E-state index >= 15 is 0 Å². The summed E-state index contributed by atoms with van der Waals surface area (Å²) in [6.07, 6.45) is 4.04. The molecule has 1 amide bonds. The highest BCUT2D eigenvalue weighted by atomic mass is 16.2. The second-order valence-electron chi connectivity index (χ2n) is 4.33. The van der Waals surface area contributed by atoms with Crippen molar-refractivity contribution in [3.8, 4) is 0 Å². The molecule has 94 valence electrons. The van der Waals surface area contributed by atoms with Crippen molar-refractivity contribution in [2.24, 2.45) is 7.05 Å². The highest BCUT2D eigenvalue weighted by Gasteiger charge is 2.25. The Morgan fingerprint density at radius 1 is 1.61 bits per heavy atom. The number of nitrogens with zero attached hydrogens (tertiary/aromatic N) is 3. The number of anilines is 1. The molecule has 3 N–H and O–H groups in total. The first-order valence-electron chi connectivity index (χ1n) is 5.77. The van der Waals surface area contributed by atoms with Crippen LogP contribution in [0.5, 0.6) is 0 Å². The van der Waals surface area contributed by atoms with E-state index in [4.69, 9.17) is 0 Å². The van der Waals surface area contributed by atoms with Crippen LogP contribution in [-0.4, -0.2) is 31.7 Å². The number of carbonyl (C=O) groups is 1. The maximum Gasteiger partial charge on any atom is 0.243 e. The highest BCUT2D eigenvalue weighted by Crippen LogP contribution is 2.13. The molecule has 1 unspecified atom stereocenters. The number of aryl methyl sites for hydroxylation is 1. The number of rotatable bonds is 2. The summed E-state index contributed by atoms with van der Waals surface area (Å²) in [4.78, 5) is 19.3. The monoisotopic (exact) mass is 246 g/mol. The lowest BCUT2D eigenvalue weighted by atomic mass is 10.0. The van der Waals surface area contributed by atoms with Crippen molar-refractivity contribution in [3.05, 3.63) is 30.0 Å². The molecule has 18 heavy (non-hydrogen) atoms. The van der Waals surface area contributed by atoms with E-state index in [0.29, 0.717) is 18.8 Å². The van der Waals surface area contributed by atoms with Crippen molar-refractivity contribution in [1.82, 2.24) is 25.1 Å². The van der Waals surface area contributed by atoms with Gasteiger partial charge in [0.05, 0.1) is 23.8 Å². The van der Waals surface area contributed by atoms with E-state index in [1.807, 2.05) is 7.05 Å². The lowest BCUT2D eigenvalue weighted by molar-refractivity contribution is -0.118. The number of carbonyl (C=O) groups excluding carboxylic acids is 1. The van der Waals surface area contributed by atoms with E-state index in [2.05, 4.69) is 25.7 Å². The normalized spacial score (nSPS) is 18.4. The Morgan fingerprint density at radius 2 is 2.50 bits per heavy atom. The Kier molecular flexibility index (Phi) is 2.60. The average Bonchev–Trinajstić information content (AvgIpc) is 2.96. The first kappa shape index (κ1) is 11.0. The SMILES string of the molecule is Cn1ccc(NC(=O)C2Cc3nc[nH]c3CN2)n1. The van der Waals surface area contributed by atoms with E-state index in [9.17, 15) is 4.79 Å². The van der Waals surface area contributed by atoms with Gasteiger partial charge < -0.3 is 10.3 Å². The maximum atomic E-state index is 12.0. The van der Waals surface area contributed by atoms with Gasteiger partial charge in [0.2, 0.25) is 5.91 Å². The predicted molar refractivity (Wildman–Crippen MR) is 64.8 cm³/mol. The third kappa shape index (κ3) is 2.00. The largest absolute Gasteiger partial charge is 0.347 e. The van der Waals surface area contributed by atoms with Gasteiger partial charge in [-0.25, -0.2) is 4.98 Å². The molecule has 1 atom stereocenters. The number of hydrogen-bond donors (Lipinski definition) is 3. The van der Waals surface area contributed by atoms with Crippen LogP contribution in [0.1, 0.15) is 11.4 Å². The van der Waals surface area contributed by atoms with E-state index in [0.717, 1.165) is 11.4 Å². The van der Waals surface area contributed by atoms with Crippen LogP contribution < -0.4 is 10.6 Å². The van der Waals surface area contributed by atoms with Gasteiger partial charge in [0.25, 0.3) is 0 Å². The molecule has 0 bridgehead atoms. The summed E-state index contributed by atoms with van der Waals surface area (Å²) in [6.45, 7) is 0.635. The van der Waals surface area contributed by atoms with Crippen LogP contribution in [0.15, 0.2) is 18.6 Å². The number of fused-ring (bicyclic) bond motifs is 1. The minimum Gasteiger partial charge on any atom is -0.347 e. The van der Waals surface area contributed by atoms with Gasteiger partial charge in [-0.1, -0.05) is 0 Å². The molecule has 3 rings (SSSR count). The van der Waals surface area contributed by atoms with Crippen LogP contribution in [0.4, 0.5) is 5.82 Å². The molecule has 2 aromatic heterocycles. The van der Waals surface area contributed by atoms with Crippen LogP contribution >= 0.6 is 0 Å². The maximum absolute atomic E-state index is 12.0. The van der Waals surface area contributed by atoms with Crippen molar-refractivity contribution >= 4 is 11.7 Å². The van der Waals surface area contributed by atoms with E-state index in [-0.39, 0.29) is 11.9 Å². The van der Waals surface area contributed by atoms with Crippen molar-refractivity contribution in [3.63, 3.8) is 0 Å².